The molecule has 0 aliphatic carbocycles. The van der Waals surface area contributed by atoms with Crippen LogP contribution in [0, 0.1) is 24.1 Å². The molecule has 2 aromatic carbocycles. The molecule has 0 saturated carbocycles. The fourth-order valence-electron chi connectivity index (χ4n) is 2.00. The fourth-order valence-corrected chi connectivity index (χ4v) is 2.00. The highest BCUT2D eigenvalue weighted by atomic mass is 19.1. The highest BCUT2D eigenvalue weighted by molar-refractivity contribution is 5.75. The normalized spacial score (nSPS) is 11.5. The second-order valence-corrected chi connectivity index (χ2v) is 4.90. The van der Waals surface area contributed by atoms with Gasteiger partial charge in [-0.05, 0) is 44.2 Å². The van der Waals surface area contributed by atoms with E-state index in [9.17, 15) is 9.18 Å². The number of aliphatic carboxylic acids is 1. The Balaban J connectivity index is 2.57. The first-order chi connectivity index (χ1) is 10.4. The van der Waals surface area contributed by atoms with E-state index in [0.29, 0.717) is 11.1 Å². The van der Waals surface area contributed by atoms with Gasteiger partial charge in [0.15, 0.2) is 6.10 Å². The van der Waals surface area contributed by atoms with Gasteiger partial charge in [-0.15, -0.1) is 0 Å². The molecule has 4 nitrogen and oxygen atoms in total. The van der Waals surface area contributed by atoms with E-state index in [-0.39, 0.29) is 11.3 Å². The predicted octanol–water partition coefficient (Wildman–Crippen LogP) is 3.52. The van der Waals surface area contributed by atoms with E-state index in [1.54, 1.807) is 18.2 Å². The Hall–Kier alpha value is -2.87. The molecule has 0 aromatic heterocycles. The molecule has 0 fully saturated rings. The number of halogens is 1. The van der Waals surface area contributed by atoms with Crippen molar-refractivity contribution in [3.63, 3.8) is 0 Å². The second-order valence-electron chi connectivity index (χ2n) is 4.90. The van der Waals surface area contributed by atoms with Gasteiger partial charge >= 0.3 is 5.97 Å². The van der Waals surface area contributed by atoms with E-state index in [1.165, 1.54) is 25.1 Å². The molecular formula is C17H14FNO3. The summed E-state index contributed by atoms with van der Waals surface area (Å²) in [6, 6.07) is 11.0. The fraction of sp³-hybridized carbons (Fsp3) is 0.176. The van der Waals surface area contributed by atoms with Crippen LogP contribution in [0.1, 0.15) is 18.1 Å². The number of ether oxygens (including phenoxy) is 1. The zero-order chi connectivity index (χ0) is 16.3. The molecule has 0 bridgehead atoms. The number of carboxylic acids is 1. The average Bonchev–Trinajstić information content (AvgIpc) is 2.49. The third kappa shape index (κ3) is 3.23. The maximum atomic E-state index is 14.1. The summed E-state index contributed by atoms with van der Waals surface area (Å²) in [6.45, 7) is 3.23. The van der Waals surface area contributed by atoms with Crippen LogP contribution in [0.5, 0.6) is 5.75 Å². The molecule has 112 valence electrons. The van der Waals surface area contributed by atoms with Crippen molar-refractivity contribution < 1.29 is 19.0 Å². The van der Waals surface area contributed by atoms with Crippen molar-refractivity contribution in [1.82, 2.24) is 0 Å². The Morgan fingerprint density at radius 2 is 2.00 bits per heavy atom. The van der Waals surface area contributed by atoms with Gasteiger partial charge in [-0.1, -0.05) is 11.6 Å². The van der Waals surface area contributed by atoms with Crippen LogP contribution in [0.2, 0.25) is 0 Å². The van der Waals surface area contributed by atoms with Crippen molar-refractivity contribution in [2.45, 2.75) is 20.0 Å². The van der Waals surface area contributed by atoms with Crippen molar-refractivity contribution in [2.75, 3.05) is 0 Å². The molecule has 2 rings (SSSR count). The summed E-state index contributed by atoms with van der Waals surface area (Å²) in [4.78, 5) is 10.9. The number of rotatable bonds is 4. The van der Waals surface area contributed by atoms with Gasteiger partial charge in [-0.3, -0.25) is 0 Å². The number of hydrogen-bond donors (Lipinski definition) is 1. The molecule has 0 aliphatic heterocycles. The number of nitriles is 1. The van der Waals surface area contributed by atoms with Gasteiger partial charge in [0.25, 0.3) is 0 Å². The highest BCUT2D eigenvalue weighted by Crippen LogP contribution is 2.34. The first-order valence-corrected chi connectivity index (χ1v) is 6.62. The van der Waals surface area contributed by atoms with Crippen LogP contribution in [-0.4, -0.2) is 17.2 Å². The quantitative estimate of drug-likeness (QED) is 0.937. The number of aryl methyl sites for hydroxylation is 1. The molecule has 0 amide bonds. The summed E-state index contributed by atoms with van der Waals surface area (Å²) in [6.07, 6.45) is -1.07. The average molecular weight is 299 g/mol. The molecule has 0 unspecified atom stereocenters. The van der Waals surface area contributed by atoms with Crippen molar-refractivity contribution >= 4 is 5.97 Å². The summed E-state index contributed by atoms with van der Waals surface area (Å²) < 4.78 is 19.5. The topological polar surface area (TPSA) is 70.3 Å². The van der Waals surface area contributed by atoms with E-state index in [1.807, 2.05) is 13.0 Å². The lowest BCUT2D eigenvalue weighted by molar-refractivity contribution is -0.144. The van der Waals surface area contributed by atoms with E-state index < -0.39 is 17.9 Å². The molecule has 1 N–H and O–H groups in total. The zero-order valence-corrected chi connectivity index (χ0v) is 12.1. The largest absolute Gasteiger partial charge is 0.479 e. The Kier molecular flexibility index (Phi) is 4.42. The highest BCUT2D eigenvalue weighted by Gasteiger charge is 2.17. The molecule has 0 radical (unpaired) electrons. The number of carbonyl (C=O) groups is 1. The summed E-state index contributed by atoms with van der Waals surface area (Å²) in [7, 11) is 0. The van der Waals surface area contributed by atoms with Gasteiger partial charge in [-0.2, -0.15) is 5.26 Å². The summed E-state index contributed by atoms with van der Waals surface area (Å²) in [5, 5.41) is 17.9. The molecule has 1 atom stereocenters. The first kappa shape index (κ1) is 15.5. The van der Waals surface area contributed by atoms with Crippen molar-refractivity contribution in [1.29, 1.82) is 5.26 Å². The maximum absolute atomic E-state index is 14.1. The van der Waals surface area contributed by atoms with Crippen LogP contribution >= 0.6 is 0 Å². The molecule has 5 heteroatoms. The predicted molar refractivity (Wildman–Crippen MR) is 79.0 cm³/mol. The van der Waals surface area contributed by atoms with E-state index in [4.69, 9.17) is 15.1 Å². The van der Waals surface area contributed by atoms with Crippen molar-refractivity contribution in [3.8, 4) is 22.9 Å². The Morgan fingerprint density at radius 3 is 2.64 bits per heavy atom. The number of nitrogens with zero attached hydrogens (tertiary/aromatic N) is 1. The van der Waals surface area contributed by atoms with Crippen LogP contribution < -0.4 is 4.74 Å². The minimum atomic E-state index is -1.11. The van der Waals surface area contributed by atoms with Crippen LogP contribution in [0.3, 0.4) is 0 Å². The van der Waals surface area contributed by atoms with E-state index in [2.05, 4.69) is 0 Å². The minimum absolute atomic E-state index is 0.204. The number of hydrogen-bond acceptors (Lipinski definition) is 3. The van der Waals surface area contributed by atoms with Gasteiger partial charge in [0.05, 0.1) is 11.6 Å². The van der Waals surface area contributed by atoms with Crippen molar-refractivity contribution in [3.05, 3.63) is 53.3 Å². The SMILES string of the molecule is Cc1ccc(O[C@@H](C)C(=O)O)c(-c2cc(C#N)ccc2F)c1. The lowest BCUT2D eigenvalue weighted by atomic mass is 10.00. The molecule has 2 aromatic rings. The van der Waals surface area contributed by atoms with Crippen molar-refractivity contribution in [2.24, 2.45) is 0 Å². The lowest BCUT2D eigenvalue weighted by Crippen LogP contribution is -2.23. The molecule has 0 saturated heterocycles. The Labute approximate surface area is 127 Å². The number of benzene rings is 2. The smallest absolute Gasteiger partial charge is 0.344 e. The minimum Gasteiger partial charge on any atom is -0.479 e. The third-order valence-electron chi connectivity index (χ3n) is 3.17. The van der Waals surface area contributed by atoms with Crippen LogP contribution in [0.25, 0.3) is 11.1 Å². The standard InChI is InChI=1S/C17H14FNO3/c1-10-3-6-16(22-11(2)17(20)21)14(7-10)13-8-12(9-19)4-5-15(13)18/h3-8,11H,1-2H3,(H,20,21)/t11-/m0/s1. The monoisotopic (exact) mass is 299 g/mol. The molecular weight excluding hydrogens is 285 g/mol. The van der Waals surface area contributed by atoms with Crippen LogP contribution in [0.15, 0.2) is 36.4 Å². The van der Waals surface area contributed by atoms with Gasteiger partial charge in [0.1, 0.15) is 11.6 Å². The Morgan fingerprint density at radius 1 is 1.27 bits per heavy atom. The Bertz CT molecular complexity index is 765. The van der Waals surface area contributed by atoms with E-state index >= 15 is 0 Å². The second kappa shape index (κ2) is 6.27. The van der Waals surface area contributed by atoms with E-state index in [0.717, 1.165) is 5.56 Å². The lowest BCUT2D eigenvalue weighted by Gasteiger charge is -2.16. The molecule has 0 aliphatic rings. The van der Waals surface area contributed by atoms with Gasteiger partial charge in [0.2, 0.25) is 0 Å². The maximum Gasteiger partial charge on any atom is 0.344 e. The summed E-state index contributed by atoms with van der Waals surface area (Å²) in [5.74, 6) is -1.36. The van der Waals surface area contributed by atoms with Gasteiger partial charge in [-0.25, -0.2) is 9.18 Å². The zero-order valence-electron chi connectivity index (χ0n) is 12.1. The third-order valence-corrected chi connectivity index (χ3v) is 3.17. The summed E-state index contributed by atoms with van der Waals surface area (Å²) >= 11 is 0. The molecule has 22 heavy (non-hydrogen) atoms. The molecule has 0 heterocycles. The van der Waals surface area contributed by atoms with Gasteiger partial charge in [0, 0.05) is 11.1 Å². The van der Waals surface area contributed by atoms with Gasteiger partial charge < -0.3 is 9.84 Å². The first-order valence-electron chi connectivity index (χ1n) is 6.62. The number of carboxylic acid groups (broad SMARTS) is 1. The molecule has 0 spiro atoms. The van der Waals surface area contributed by atoms with Crippen LogP contribution in [0.4, 0.5) is 4.39 Å². The summed E-state index contributed by atoms with van der Waals surface area (Å²) in [5.41, 5.74) is 1.81. The van der Waals surface area contributed by atoms with Crippen LogP contribution in [-0.2, 0) is 4.79 Å².